The first-order chi connectivity index (χ1) is 7.13. The average molecular weight is 208 g/mol. The average Bonchev–Trinajstić information content (AvgIpc) is 2.16. The number of nitrogens with zero attached hydrogens (tertiary/aromatic N) is 2. The summed E-state index contributed by atoms with van der Waals surface area (Å²) in [5.41, 5.74) is 6.54. The van der Waals surface area contributed by atoms with E-state index in [-0.39, 0.29) is 5.91 Å². The van der Waals surface area contributed by atoms with Crippen molar-refractivity contribution in [1.82, 2.24) is 15.3 Å². The molecule has 1 aromatic heterocycles. The molecule has 0 aromatic carbocycles. The van der Waals surface area contributed by atoms with Gasteiger partial charge in [0.15, 0.2) is 0 Å². The molecule has 3 N–H and O–H groups in total. The standard InChI is InChI=1S/C10H16N4O/c1-7-6-9(14-8(2)13-7)10(15)12-5-3-4-11/h6H,3-5,11H2,1-2H3,(H,12,15). The van der Waals surface area contributed by atoms with E-state index in [1.807, 2.05) is 6.92 Å². The van der Waals surface area contributed by atoms with Crippen LogP contribution < -0.4 is 11.1 Å². The summed E-state index contributed by atoms with van der Waals surface area (Å²) in [7, 11) is 0. The largest absolute Gasteiger partial charge is 0.351 e. The molecule has 1 heterocycles. The Morgan fingerprint density at radius 1 is 1.47 bits per heavy atom. The van der Waals surface area contributed by atoms with Crippen LogP contribution in [0.25, 0.3) is 0 Å². The molecule has 0 fully saturated rings. The van der Waals surface area contributed by atoms with Crippen LogP contribution in [0.1, 0.15) is 28.4 Å². The minimum atomic E-state index is -0.169. The summed E-state index contributed by atoms with van der Waals surface area (Å²) in [5.74, 6) is 0.441. The number of carbonyl (C=O) groups excluding carboxylic acids is 1. The van der Waals surface area contributed by atoms with Crippen molar-refractivity contribution in [3.63, 3.8) is 0 Å². The van der Waals surface area contributed by atoms with Crippen molar-refractivity contribution in [1.29, 1.82) is 0 Å². The van der Waals surface area contributed by atoms with E-state index in [2.05, 4.69) is 15.3 Å². The fraction of sp³-hybridized carbons (Fsp3) is 0.500. The number of amides is 1. The molecule has 0 unspecified atom stereocenters. The van der Waals surface area contributed by atoms with Crippen LogP contribution in [-0.4, -0.2) is 29.0 Å². The van der Waals surface area contributed by atoms with Crippen LogP contribution in [0, 0.1) is 13.8 Å². The van der Waals surface area contributed by atoms with Gasteiger partial charge in [0.1, 0.15) is 11.5 Å². The molecule has 0 atom stereocenters. The molecule has 0 aliphatic carbocycles. The maximum absolute atomic E-state index is 11.6. The Labute approximate surface area is 89.1 Å². The van der Waals surface area contributed by atoms with Gasteiger partial charge < -0.3 is 11.1 Å². The summed E-state index contributed by atoms with van der Waals surface area (Å²) < 4.78 is 0. The van der Waals surface area contributed by atoms with Crippen molar-refractivity contribution in [3.8, 4) is 0 Å². The van der Waals surface area contributed by atoms with Crippen LogP contribution >= 0.6 is 0 Å². The minimum Gasteiger partial charge on any atom is -0.351 e. The van der Waals surface area contributed by atoms with Gasteiger partial charge >= 0.3 is 0 Å². The Kier molecular flexibility index (Phi) is 4.17. The van der Waals surface area contributed by atoms with Gasteiger partial charge in [-0.05, 0) is 32.9 Å². The lowest BCUT2D eigenvalue weighted by Gasteiger charge is -2.04. The summed E-state index contributed by atoms with van der Waals surface area (Å²) in [5, 5.41) is 2.75. The van der Waals surface area contributed by atoms with E-state index in [1.165, 1.54) is 0 Å². The van der Waals surface area contributed by atoms with E-state index < -0.39 is 0 Å². The molecule has 0 radical (unpaired) electrons. The molecule has 0 aliphatic heterocycles. The first-order valence-electron chi connectivity index (χ1n) is 4.94. The molecule has 15 heavy (non-hydrogen) atoms. The van der Waals surface area contributed by atoms with Crippen molar-refractivity contribution < 1.29 is 4.79 Å². The quantitative estimate of drug-likeness (QED) is 0.691. The Morgan fingerprint density at radius 3 is 2.80 bits per heavy atom. The fourth-order valence-electron chi connectivity index (χ4n) is 1.23. The van der Waals surface area contributed by atoms with Crippen molar-refractivity contribution in [2.24, 2.45) is 5.73 Å². The summed E-state index contributed by atoms with van der Waals surface area (Å²) in [6.45, 7) is 4.76. The van der Waals surface area contributed by atoms with Gasteiger partial charge in [0.05, 0.1) is 0 Å². The second kappa shape index (κ2) is 5.41. The monoisotopic (exact) mass is 208 g/mol. The molecule has 0 spiro atoms. The molecule has 5 nitrogen and oxygen atoms in total. The van der Waals surface area contributed by atoms with Gasteiger partial charge in [-0.3, -0.25) is 4.79 Å². The second-order valence-corrected chi connectivity index (χ2v) is 3.34. The fourth-order valence-corrected chi connectivity index (χ4v) is 1.23. The normalized spacial score (nSPS) is 10.1. The molecule has 1 amide bonds. The zero-order chi connectivity index (χ0) is 11.3. The molecule has 0 saturated heterocycles. The Morgan fingerprint density at radius 2 is 2.20 bits per heavy atom. The maximum Gasteiger partial charge on any atom is 0.270 e. The van der Waals surface area contributed by atoms with Gasteiger partial charge in [0.2, 0.25) is 0 Å². The number of aromatic nitrogens is 2. The topological polar surface area (TPSA) is 80.9 Å². The van der Waals surface area contributed by atoms with Gasteiger partial charge in [0, 0.05) is 12.2 Å². The molecule has 1 rings (SSSR count). The number of nitrogens with one attached hydrogen (secondary N) is 1. The molecule has 0 aliphatic rings. The predicted octanol–water partition coefficient (Wildman–Crippen LogP) is 0.172. The Balaban J connectivity index is 2.65. The summed E-state index contributed by atoms with van der Waals surface area (Å²) >= 11 is 0. The molecular formula is C10H16N4O. The zero-order valence-corrected chi connectivity index (χ0v) is 9.08. The van der Waals surface area contributed by atoms with Crippen molar-refractivity contribution >= 4 is 5.91 Å². The highest BCUT2D eigenvalue weighted by Crippen LogP contribution is 1.99. The highest BCUT2D eigenvalue weighted by Gasteiger charge is 2.07. The highest BCUT2D eigenvalue weighted by atomic mass is 16.1. The molecule has 5 heteroatoms. The molecule has 0 bridgehead atoms. The zero-order valence-electron chi connectivity index (χ0n) is 9.08. The lowest BCUT2D eigenvalue weighted by Crippen LogP contribution is -2.27. The number of aryl methyl sites for hydroxylation is 2. The third kappa shape index (κ3) is 3.63. The van der Waals surface area contributed by atoms with E-state index in [0.717, 1.165) is 12.1 Å². The SMILES string of the molecule is Cc1cc(C(=O)NCCCN)nc(C)n1. The van der Waals surface area contributed by atoms with Gasteiger partial charge in [-0.1, -0.05) is 0 Å². The second-order valence-electron chi connectivity index (χ2n) is 3.34. The van der Waals surface area contributed by atoms with Crippen molar-refractivity contribution in [2.45, 2.75) is 20.3 Å². The Hall–Kier alpha value is -1.49. The highest BCUT2D eigenvalue weighted by molar-refractivity contribution is 5.92. The van der Waals surface area contributed by atoms with Crippen LogP contribution in [0.4, 0.5) is 0 Å². The minimum absolute atomic E-state index is 0.169. The smallest absolute Gasteiger partial charge is 0.270 e. The van der Waals surface area contributed by atoms with E-state index in [9.17, 15) is 4.79 Å². The van der Waals surface area contributed by atoms with Gasteiger partial charge in [-0.15, -0.1) is 0 Å². The lowest BCUT2D eigenvalue weighted by atomic mass is 10.3. The van der Waals surface area contributed by atoms with Crippen LogP contribution in [0.5, 0.6) is 0 Å². The van der Waals surface area contributed by atoms with E-state index in [1.54, 1.807) is 13.0 Å². The molecular weight excluding hydrogens is 192 g/mol. The van der Waals surface area contributed by atoms with Crippen LogP contribution in [0.3, 0.4) is 0 Å². The van der Waals surface area contributed by atoms with Gasteiger partial charge in [-0.2, -0.15) is 0 Å². The number of nitrogens with two attached hydrogens (primary N) is 1. The number of rotatable bonds is 4. The summed E-state index contributed by atoms with van der Waals surface area (Å²) in [6.07, 6.45) is 0.773. The third-order valence-electron chi connectivity index (χ3n) is 1.87. The lowest BCUT2D eigenvalue weighted by molar-refractivity contribution is 0.0948. The van der Waals surface area contributed by atoms with Crippen LogP contribution in [0.15, 0.2) is 6.07 Å². The van der Waals surface area contributed by atoms with Gasteiger partial charge in [0.25, 0.3) is 5.91 Å². The van der Waals surface area contributed by atoms with E-state index in [4.69, 9.17) is 5.73 Å². The van der Waals surface area contributed by atoms with Crippen LogP contribution in [-0.2, 0) is 0 Å². The number of hydrogen-bond donors (Lipinski definition) is 2. The third-order valence-corrected chi connectivity index (χ3v) is 1.87. The first-order valence-corrected chi connectivity index (χ1v) is 4.94. The number of carbonyl (C=O) groups is 1. The first kappa shape index (κ1) is 11.6. The van der Waals surface area contributed by atoms with E-state index in [0.29, 0.717) is 24.6 Å². The van der Waals surface area contributed by atoms with Crippen molar-refractivity contribution in [2.75, 3.05) is 13.1 Å². The summed E-state index contributed by atoms with van der Waals surface area (Å²) in [6, 6.07) is 1.67. The molecule has 0 saturated carbocycles. The van der Waals surface area contributed by atoms with Crippen molar-refractivity contribution in [3.05, 3.63) is 23.3 Å². The van der Waals surface area contributed by atoms with E-state index >= 15 is 0 Å². The van der Waals surface area contributed by atoms with Crippen LogP contribution in [0.2, 0.25) is 0 Å². The maximum atomic E-state index is 11.6. The predicted molar refractivity (Wildman–Crippen MR) is 57.5 cm³/mol. The number of hydrogen-bond acceptors (Lipinski definition) is 4. The molecule has 82 valence electrons. The van der Waals surface area contributed by atoms with Gasteiger partial charge in [-0.25, -0.2) is 9.97 Å². The summed E-state index contributed by atoms with van der Waals surface area (Å²) in [4.78, 5) is 19.7. The molecule has 1 aromatic rings. The Bertz CT molecular complexity index is 331.